The summed E-state index contributed by atoms with van der Waals surface area (Å²) in [6.07, 6.45) is -4.83. The topological polar surface area (TPSA) is 40.6 Å². The monoisotopic (exact) mass is 348 g/mol. The van der Waals surface area contributed by atoms with Gasteiger partial charge in [0.1, 0.15) is 0 Å². The molecule has 11 heteroatoms. The smallest absolute Gasteiger partial charge is 0.282 e. The van der Waals surface area contributed by atoms with E-state index in [0.717, 1.165) is 12.1 Å². The number of hydrogen-bond donors (Lipinski definition) is 0. The van der Waals surface area contributed by atoms with Gasteiger partial charge in [0.05, 0.1) is 0 Å². The Morgan fingerprint density at radius 2 is 1.55 bits per heavy atom. The average molecular weight is 348 g/mol. The maximum absolute atomic E-state index is 13.0. The summed E-state index contributed by atoms with van der Waals surface area (Å²) >= 11 is 0. The summed E-state index contributed by atoms with van der Waals surface area (Å²) in [5, 5.41) is 0. The molecule has 0 fully saturated rings. The van der Waals surface area contributed by atoms with Gasteiger partial charge in [-0.1, -0.05) is 18.2 Å². The van der Waals surface area contributed by atoms with Crippen LogP contribution >= 0.6 is 0 Å². The van der Waals surface area contributed by atoms with Crippen LogP contribution in [0.25, 0.3) is 0 Å². The molecule has 1 aromatic rings. The van der Waals surface area contributed by atoms with E-state index in [1.165, 1.54) is 12.1 Å². The lowest BCUT2D eigenvalue weighted by Gasteiger charge is -2.26. The van der Waals surface area contributed by atoms with Gasteiger partial charge < -0.3 is 0 Å². The lowest BCUT2D eigenvalue weighted by molar-refractivity contribution is -0.129. The van der Waals surface area contributed by atoms with E-state index in [1.54, 1.807) is 0 Å². The Kier molecular flexibility index (Phi) is 4.07. The molecular weight excluding hydrogens is 338 g/mol. The van der Waals surface area contributed by atoms with Crippen molar-refractivity contribution in [1.29, 1.82) is 0 Å². The van der Waals surface area contributed by atoms with Crippen LogP contribution in [0.3, 0.4) is 0 Å². The number of halogens is 6. The Labute approximate surface area is 122 Å². The van der Waals surface area contributed by atoms with E-state index in [2.05, 4.69) is 0 Å². The maximum Gasteiger partial charge on any atom is 0.511 e. The molecule has 0 atom stereocenters. The van der Waals surface area contributed by atoms with E-state index >= 15 is 0 Å². The van der Waals surface area contributed by atoms with Crippen LogP contribution < -0.4 is 4.90 Å². The van der Waals surface area contributed by atoms with Gasteiger partial charge >= 0.3 is 21.8 Å². The molecule has 4 nitrogen and oxygen atoms in total. The molecule has 0 bridgehead atoms. The average Bonchev–Trinajstić information content (AvgIpc) is 2.56. The van der Waals surface area contributed by atoms with Crippen molar-refractivity contribution in [1.82, 2.24) is 4.31 Å². The number of fused-ring (bicyclic) bond motifs is 1. The minimum absolute atomic E-state index is 0.0115. The third kappa shape index (κ3) is 3.00. The van der Waals surface area contributed by atoms with Crippen LogP contribution in [0.1, 0.15) is 5.56 Å². The third-order valence-electron chi connectivity index (χ3n) is 3.14. The first-order valence-corrected chi connectivity index (χ1v) is 7.37. The van der Waals surface area contributed by atoms with Crippen molar-refractivity contribution in [3.63, 3.8) is 0 Å². The lowest BCUT2D eigenvalue weighted by Crippen LogP contribution is -2.45. The standard InChI is InChI=1S/C11H10F6N2O2S/c12-10(13,14)19-6-5-18(22(20,21)11(15,16)17)7-8-3-1-2-4-9(8)19/h1-4H,5-7H2. The first-order chi connectivity index (χ1) is 9.94. The molecule has 0 saturated heterocycles. The molecule has 1 heterocycles. The van der Waals surface area contributed by atoms with Crippen molar-refractivity contribution in [2.45, 2.75) is 18.4 Å². The molecule has 0 unspecified atom stereocenters. The van der Waals surface area contributed by atoms with Crippen molar-refractivity contribution in [2.75, 3.05) is 18.0 Å². The van der Waals surface area contributed by atoms with E-state index in [0.29, 0.717) is 0 Å². The Morgan fingerprint density at radius 1 is 0.955 bits per heavy atom. The van der Waals surface area contributed by atoms with E-state index in [-0.39, 0.29) is 20.5 Å². The second-order valence-electron chi connectivity index (χ2n) is 4.53. The van der Waals surface area contributed by atoms with Crippen LogP contribution in [0.15, 0.2) is 24.3 Å². The highest BCUT2D eigenvalue weighted by molar-refractivity contribution is 7.89. The molecule has 1 aromatic carbocycles. The highest BCUT2D eigenvalue weighted by atomic mass is 32.2. The zero-order valence-corrected chi connectivity index (χ0v) is 11.6. The highest BCUT2D eigenvalue weighted by Gasteiger charge is 2.51. The van der Waals surface area contributed by atoms with Crippen molar-refractivity contribution in [2.24, 2.45) is 0 Å². The van der Waals surface area contributed by atoms with Crippen molar-refractivity contribution >= 4 is 15.7 Å². The van der Waals surface area contributed by atoms with Crippen LogP contribution in [0.4, 0.5) is 32.0 Å². The molecule has 0 spiro atoms. The maximum atomic E-state index is 13.0. The SMILES string of the molecule is O=S(=O)(N1CCN(C(F)(F)F)c2ccccc2C1)C(F)(F)F. The van der Waals surface area contributed by atoms with Crippen molar-refractivity contribution in [3.05, 3.63) is 29.8 Å². The van der Waals surface area contributed by atoms with E-state index in [4.69, 9.17) is 0 Å². The zero-order valence-electron chi connectivity index (χ0n) is 10.8. The first-order valence-electron chi connectivity index (χ1n) is 5.93. The molecule has 22 heavy (non-hydrogen) atoms. The van der Waals surface area contributed by atoms with Gasteiger partial charge in [-0.15, -0.1) is 0 Å². The van der Waals surface area contributed by atoms with E-state index in [1.807, 2.05) is 0 Å². The largest absolute Gasteiger partial charge is 0.511 e. The second-order valence-corrected chi connectivity index (χ2v) is 6.46. The number of alkyl halides is 6. The summed E-state index contributed by atoms with van der Waals surface area (Å²) in [5.74, 6) is 0. The molecule has 1 aliphatic heterocycles. The Morgan fingerprint density at radius 3 is 2.09 bits per heavy atom. The van der Waals surface area contributed by atoms with E-state index in [9.17, 15) is 34.8 Å². The summed E-state index contributed by atoms with van der Waals surface area (Å²) in [5.41, 5.74) is -6.06. The molecule has 0 aliphatic carbocycles. The molecule has 0 N–H and O–H groups in total. The number of hydrogen-bond acceptors (Lipinski definition) is 3. The number of rotatable bonds is 1. The van der Waals surface area contributed by atoms with Crippen LogP contribution in [-0.2, 0) is 16.6 Å². The molecule has 0 amide bonds. The first kappa shape index (κ1) is 16.9. The summed E-state index contributed by atoms with van der Waals surface area (Å²) in [7, 11) is -5.70. The minimum Gasteiger partial charge on any atom is -0.282 e. The molecule has 124 valence electrons. The number of anilines is 1. The quantitative estimate of drug-likeness (QED) is 0.579. The normalized spacial score (nSPS) is 18.0. The summed E-state index contributed by atoms with van der Waals surface area (Å²) < 4.78 is 99.6. The van der Waals surface area contributed by atoms with Crippen LogP contribution in [0.5, 0.6) is 0 Å². The molecule has 2 rings (SSSR count). The van der Waals surface area contributed by atoms with Gasteiger partial charge in [-0.2, -0.15) is 30.6 Å². The summed E-state index contributed by atoms with van der Waals surface area (Å²) in [6.45, 7) is -2.61. The van der Waals surface area contributed by atoms with E-state index < -0.39 is 41.5 Å². The Balaban J connectivity index is 2.47. The molecule has 1 aliphatic rings. The number of para-hydroxylation sites is 1. The second kappa shape index (κ2) is 5.30. The predicted molar refractivity (Wildman–Crippen MR) is 65.2 cm³/mol. The van der Waals surface area contributed by atoms with Crippen molar-refractivity contribution < 1.29 is 34.8 Å². The van der Waals surface area contributed by atoms with Gasteiger partial charge in [-0.3, -0.25) is 4.90 Å². The van der Waals surface area contributed by atoms with Crippen molar-refractivity contribution in [3.8, 4) is 0 Å². The summed E-state index contributed by atoms with van der Waals surface area (Å²) in [6, 6.07) is 4.88. The van der Waals surface area contributed by atoms with Gasteiger partial charge in [0.15, 0.2) is 0 Å². The molecular formula is C11H10F6N2O2S. The fourth-order valence-corrected chi connectivity index (χ4v) is 3.05. The van der Waals surface area contributed by atoms with Gasteiger partial charge in [0.25, 0.3) is 0 Å². The fourth-order valence-electron chi connectivity index (χ4n) is 2.12. The Hall–Kier alpha value is -1.49. The number of benzene rings is 1. The minimum atomic E-state index is -5.70. The predicted octanol–water partition coefficient (Wildman–Crippen LogP) is 2.68. The van der Waals surface area contributed by atoms with Crippen LogP contribution in [-0.4, -0.2) is 37.6 Å². The molecule has 0 aromatic heterocycles. The third-order valence-corrected chi connectivity index (χ3v) is 4.72. The fraction of sp³-hybridized carbons (Fsp3) is 0.455. The number of nitrogens with zero attached hydrogens (tertiary/aromatic N) is 2. The van der Waals surface area contributed by atoms with Crippen LogP contribution in [0.2, 0.25) is 0 Å². The molecule has 0 radical (unpaired) electrons. The highest BCUT2D eigenvalue weighted by Crippen LogP contribution is 2.36. The van der Waals surface area contributed by atoms with Gasteiger partial charge in [-0.05, 0) is 11.6 Å². The van der Waals surface area contributed by atoms with Gasteiger partial charge in [0.2, 0.25) is 0 Å². The van der Waals surface area contributed by atoms with Crippen LogP contribution in [0, 0.1) is 0 Å². The zero-order chi connectivity index (χ0) is 16.8. The summed E-state index contributed by atoms with van der Waals surface area (Å²) in [4.78, 5) is -0.0613. The van der Waals surface area contributed by atoms with Gasteiger partial charge in [-0.25, -0.2) is 8.42 Å². The molecule has 0 saturated carbocycles. The number of sulfonamides is 1. The lowest BCUT2D eigenvalue weighted by atomic mass is 10.1. The van der Waals surface area contributed by atoms with Gasteiger partial charge in [0, 0.05) is 25.3 Å². The Bertz CT molecular complexity index is 655.